The molecule has 12 heteroatoms. The summed E-state index contributed by atoms with van der Waals surface area (Å²) in [6.07, 6.45) is 2.14. The van der Waals surface area contributed by atoms with Crippen LogP contribution in [-0.2, 0) is 14.4 Å². The average Bonchev–Trinajstić information content (AvgIpc) is 3.08. The molecule has 0 radical (unpaired) electrons. The summed E-state index contributed by atoms with van der Waals surface area (Å²) < 4.78 is 5.48. The van der Waals surface area contributed by atoms with Crippen molar-refractivity contribution < 1.29 is 34.3 Å². The fourth-order valence-electron chi connectivity index (χ4n) is 3.14. The molecule has 0 atom stereocenters. The van der Waals surface area contributed by atoms with Crippen molar-refractivity contribution in [1.29, 1.82) is 0 Å². The van der Waals surface area contributed by atoms with Gasteiger partial charge in [0.1, 0.15) is 6.61 Å². The van der Waals surface area contributed by atoms with Crippen molar-refractivity contribution >= 4 is 41.0 Å². The van der Waals surface area contributed by atoms with Crippen LogP contribution in [0.4, 0.5) is 11.4 Å². The van der Waals surface area contributed by atoms with Crippen LogP contribution in [0.3, 0.4) is 0 Å². The van der Waals surface area contributed by atoms with Gasteiger partial charge in [-0.25, -0.2) is 0 Å². The van der Waals surface area contributed by atoms with Crippen molar-refractivity contribution in [2.24, 2.45) is 0 Å². The number of carbonyl (C=O) groups is 3. The number of benzene rings is 2. The number of anilines is 1. The molecule has 3 rings (SSSR count). The van der Waals surface area contributed by atoms with Gasteiger partial charge in [-0.15, -0.1) is 11.8 Å². The average molecular weight is 516 g/mol. The normalized spacial score (nSPS) is 12.6. The maximum absolute atomic E-state index is 12.7. The fraction of sp³-hybridized carbons (Fsp3) is 0.292. The van der Waals surface area contributed by atoms with Gasteiger partial charge in [-0.3, -0.25) is 14.9 Å². The number of hydrogen-bond donors (Lipinski definition) is 1. The van der Waals surface area contributed by atoms with Crippen LogP contribution >= 0.6 is 11.8 Å². The smallest absolute Gasteiger partial charge is 0.310 e. The first kappa shape index (κ1) is 28.3. The molecule has 192 valence electrons. The summed E-state index contributed by atoms with van der Waals surface area (Å²) in [5, 5.41) is 33.0. The van der Waals surface area contributed by atoms with Crippen LogP contribution in [0.15, 0.2) is 65.6 Å². The summed E-state index contributed by atoms with van der Waals surface area (Å²) in [6.45, 7) is 2.07. The monoisotopic (exact) mass is 515 g/mol. The number of para-hydroxylation sites is 3. The number of fused-ring (bicyclic) bond motifs is 1. The van der Waals surface area contributed by atoms with Crippen LogP contribution in [0.25, 0.3) is 0 Å². The van der Waals surface area contributed by atoms with E-state index >= 15 is 0 Å². The van der Waals surface area contributed by atoms with Crippen molar-refractivity contribution in [2.75, 3.05) is 36.9 Å². The van der Waals surface area contributed by atoms with E-state index in [1.807, 2.05) is 23.1 Å². The second kappa shape index (κ2) is 15.2. The number of hydrogen-bond acceptors (Lipinski definition) is 10. The van der Waals surface area contributed by atoms with E-state index in [1.165, 1.54) is 6.07 Å². The number of nitro groups is 1. The second-order valence-corrected chi connectivity index (χ2v) is 8.40. The van der Waals surface area contributed by atoms with Crippen molar-refractivity contribution in [3.63, 3.8) is 0 Å². The molecular weight excluding hydrogens is 490 g/mol. The first-order valence-corrected chi connectivity index (χ1v) is 12.0. The van der Waals surface area contributed by atoms with E-state index in [4.69, 9.17) is 4.74 Å². The minimum atomic E-state index is -1.55. The molecule has 0 bridgehead atoms. The molecule has 0 unspecified atom stereocenters. The van der Waals surface area contributed by atoms with Crippen LogP contribution in [0.1, 0.15) is 12.8 Å². The van der Waals surface area contributed by atoms with Crippen LogP contribution in [0, 0.1) is 10.1 Å². The Labute approximate surface area is 211 Å². The van der Waals surface area contributed by atoms with E-state index in [9.17, 15) is 34.7 Å². The lowest BCUT2D eigenvalue weighted by atomic mass is 10.2. The van der Waals surface area contributed by atoms with Gasteiger partial charge in [-0.05, 0) is 42.5 Å². The summed E-state index contributed by atoms with van der Waals surface area (Å²) in [4.78, 5) is 45.0. The first-order chi connectivity index (χ1) is 17.3. The number of aliphatic carboxylic acids is 2. The number of nitro benzene ring substituents is 1. The highest BCUT2D eigenvalue weighted by Gasteiger charge is 2.20. The van der Waals surface area contributed by atoms with Gasteiger partial charge in [0, 0.05) is 37.0 Å². The Morgan fingerprint density at radius 2 is 1.69 bits per heavy atom. The van der Waals surface area contributed by atoms with Gasteiger partial charge in [-0.2, -0.15) is 0 Å². The van der Waals surface area contributed by atoms with Gasteiger partial charge < -0.3 is 34.8 Å². The number of thioether (sulfide) groups is 1. The SMILES string of the molecule is O=C(CCNCCOc1ccccc1[N+](=O)[O-])N1CCCSc2ccccc21.O=C([O-])/C=C/C(=O)[O-]. The number of nitrogens with one attached hydrogen (secondary N) is 1. The Kier molecular flexibility index (Phi) is 11.9. The Balaban J connectivity index is 0.000000493. The van der Waals surface area contributed by atoms with Gasteiger partial charge in [0.15, 0.2) is 5.75 Å². The van der Waals surface area contributed by atoms with E-state index in [-0.39, 0.29) is 17.3 Å². The Morgan fingerprint density at radius 1 is 1.03 bits per heavy atom. The standard InChI is InChI=1S/C20H23N3O4S.C4H4O4/c24-20(22-13-5-15-28-19-9-4-2-7-17(19)22)10-11-21-12-14-27-18-8-3-1-6-16(18)23(25)26;5-3(6)1-2-4(7)8/h1-4,6-9,21H,5,10-15H2;1-2H,(H,5,6)(H,7,8)/p-2/b;2-1+. The highest BCUT2D eigenvalue weighted by molar-refractivity contribution is 7.99. The highest BCUT2D eigenvalue weighted by atomic mass is 32.2. The number of nitrogens with zero attached hydrogens (tertiary/aromatic N) is 2. The molecular formula is C24H25N3O8S-2. The molecule has 0 fully saturated rings. The molecule has 0 spiro atoms. The highest BCUT2D eigenvalue weighted by Crippen LogP contribution is 2.33. The Hall–Kier alpha value is -3.90. The maximum Gasteiger partial charge on any atom is 0.310 e. The lowest BCUT2D eigenvalue weighted by molar-refractivity contribution is -0.385. The molecule has 11 nitrogen and oxygen atoms in total. The van der Waals surface area contributed by atoms with Crippen LogP contribution in [0.5, 0.6) is 5.75 Å². The molecule has 1 heterocycles. The van der Waals surface area contributed by atoms with Gasteiger partial charge in [0.2, 0.25) is 5.91 Å². The molecule has 0 saturated heterocycles. The minimum Gasteiger partial charge on any atom is -0.545 e. The Morgan fingerprint density at radius 3 is 2.39 bits per heavy atom. The topological polar surface area (TPSA) is 165 Å². The van der Waals surface area contributed by atoms with E-state index in [0.29, 0.717) is 38.3 Å². The number of carbonyl (C=O) groups excluding carboxylic acids is 3. The molecule has 0 aromatic heterocycles. The van der Waals surface area contributed by atoms with E-state index in [1.54, 1.807) is 30.0 Å². The molecule has 1 aliphatic heterocycles. The number of ether oxygens (including phenoxy) is 1. The number of amides is 1. The zero-order valence-corrected chi connectivity index (χ0v) is 20.1. The van der Waals surface area contributed by atoms with E-state index in [2.05, 4.69) is 11.4 Å². The largest absolute Gasteiger partial charge is 0.545 e. The van der Waals surface area contributed by atoms with Gasteiger partial charge in [0.25, 0.3) is 0 Å². The molecule has 2 aromatic carbocycles. The predicted octanol–water partition coefficient (Wildman–Crippen LogP) is 0.525. The molecule has 0 saturated carbocycles. The summed E-state index contributed by atoms with van der Waals surface area (Å²) >= 11 is 1.79. The van der Waals surface area contributed by atoms with Crippen molar-refractivity contribution in [2.45, 2.75) is 17.7 Å². The molecule has 1 amide bonds. The third kappa shape index (κ3) is 9.76. The van der Waals surface area contributed by atoms with Crippen molar-refractivity contribution in [3.8, 4) is 5.75 Å². The lowest BCUT2D eigenvalue weighted by Gasteiger charge is -2.22. The fourth-order valence-corrected chi connectivity index (χ4v) is 4.14. The quantitative estimate of drug-likeness (QED) is 0.204. The summed E-state index contributed by atoms with van der Waals surface area (Å²) in [5.41, 5.74) is 0.949. The van der Waals surface area contributed by atoms with Gasteiger partial charge >= 0.3 is 5.69 Å². The molecule has 1 aliphatic rings. The molecule has 2 aromatic rings. The third-order valence-electron chi connectivity index (χ3n) is 4.71. The summed E-state index contributed by atoms with van der Waals surface area (Å²) in [5.74, 6) is -1.73. The van der Waals surface area contributed by atoms with Crippen LogP contribution in [-0.4, -0.2) is 54.8 Å². The van der Waals surface area contributed by atoms with Crippen molar-refractivity contribution in [3.05, 3.63) is 70.8 Å². The lowest BCUT2D eigenvalue weighted by Crippen LogP contribution is -2.34. The number of rotatable bonds is 10. The molecule has 36 heavy (non-hydrogen) atoms. The van der Waals surface area contributed by atoms with Crippen molar-refractivity contribution in [1.82, 2.24) is 5.32 Å². The number of carboxylic acids is 2. The second-order valence-electron chi connectivity index (χ2n) is 7.26. The predicted molar refractivity (Wildman–Crippen MR) is 129 cm³/mol. The zero-order chi connectivity index (χ0) is 26.3. The third-order valence-corrected chi connectivity index (χ3v) is 5.86. The maximum atomic E-state index is 12.7. The first-order valence-electron chi connectivity index (χ1n) is 11.0. The van der Waals surface area contributed by atoms with Gasteiger partial charge in [0.05, 0.1) is 22.5 Å². The number of carboxylic acid groups (broad SMARTS) is 2. The summed E-state index contributed by atoms with van der Waals surface area (Å²) in [7, 11) is 0. The Bertz CT molecular complexity index is 1080. The molecule has 0 aliphatic carbocycles. The van der Waals surface area contributed by atoms with Crippen LogP contribution < -0.4 is 25.2 Å². The van der Waals surface area contributed by atoms with E-state index < -0.39 is 16.9 Å². The summed E-state index contributed by atoms with van der Waals surface area (Å²) in [6, 6.07) is 14.3. The van der Waals surface area contributed by atoms with Crippen LogP contribution in [0.2, 0.25) is 0 Å². The molecule has 1 N–H and O–H groups in total. The van der Waals surface area contributed by atoms with E-state index in [0.717, 1.165) is 29.3 Å². The zero-order valence-electron chi connectivity index (χ0n) is 19.3. The minimum absolute atomic E-state index is 0.0459. The van der Waals surface area contributed by atoms with Gasteiger partial charge in [-0.1, -0.05) is 24.3 Å².